The van der Waals surface area contributed by atoms with Crippen LogP contribution in [0, 0.1) is 11.6 Å². The maximum Gasteiger partial charge on any atom is 0.325 e. The van der Waals surface area contributed by atoms with Crippen LogP contribution in [0.5, 0.6) is 0 Å². The van der Waals surface area contributed by atoms with Gasteiger partial charge in [0.1, 0.15) is 23.7 Å². The van der Waals surface area contributed by atoms with Crippen molar-refractivity contribution in [3.63, 3.8) is 0 Å². The average Bonchev–Trinajstić information content (AvgIpc) is 2.91. The number of likely N-dealkylation sites (N-methyl/N-ethyl adjacent to an activating group) is 1. The maximum atomic E-state index is 13.4. The molecule has 0 bridgehead atoms. The number of nitrogens with zero attached hydrogens (tertiary/aromatic N) is 2. The molecule has 30 heavy (non-hydrogen) atoms. The molecule has 158 valence electrons. The molecule has 1 aliphatic heterocycles. The van der Waals surface area contributed by atoms with E-state index in [1.54, 1.807) is 19.1 Å². The summed E-state index contributed by atoms with van der Waals surface area (Å²) < 4.78 is 26.5. The Morgan fingerprint density at radius 3 is 2.37 bits per heavy atom. The largest absolute Gasteiger partial charge is 0.337 e. The molecule has 1 N–H and O–H groups in total. The highest BCUT2D eigenvalue weighted by Crippen LogP contribution is 2.34. The number of carbonyl (C=O) groups excluding carboxylic acids is 3. The van der Waals surface area contributed by atoms with Gasteiger partial charge in [0.25, 0.3) is 5.91 Å². The number of amides is 4. The number of urea groups is 1. The molecule has 0 saturated carbocycles. The third kappa shape index (κ3) is 3.87. The SMILES string of the molecule is CC(c1ccc(F)cc1)N(C)C(=O)CN1C(=O)NC(C)(c2ccc(F)cc2Cl)C1=O. The fourth-order valence-corrected chi connectivity index (χ4v) is 3.70. The Labute approximate surface area is 177 Å². The van der Waals surface area contributed by atoms with Gasteiger partial charge in [-0.2, -0.15) is 0 Å². The van der Waals surface area contributed by atoms with Crippen LogP contribution in [0.2, 0.25) is 5.02 Å². The molecule has 1 aliphatic rings. The molecule has 2 aromatic carbocycles. The lowest BCUT2D eigenvalue weighted by atomic mass is 9.92. The summed E-state index contributed by atoms with van der Waals surface area (Å²) in [5, 5.41) is 2.52. The molecular weight excluding hydrogens is 416 g/mol. The average molecular weight is 436 g/mol. The Kier molecular flexibility index (Phi) is 5.81. The zero-order valence-electron chi connectivity index (χ0n) is 16.6. The number of halogens is 3. The normalized spacial score (nSPS) is 19.6. The molecule has 0 aliphatic carbocycles. The van der Waals surface area contributed by atoms with Crippen LogP contribution in [0.4, 0.5) is 13.6 Å². The molecule has 3 rings (SSSR count). The predicted molar refractivity (Wildman–Crippen MR) is 107 cm³/mol. The molecule has 1 saturated heterocycles. The van der Waals surface area contributed by atoms with Crippen molar-refractivity contribution in [2.75, 3.05) is 13.6 Å². The van der Waals surface area contributed by atoms with Crippen LogP contribution in [0.25, 0.3) is 0 Å². The minimum absolute atomic E-state index is 0.0126. The van der Waals surface area contributed by atoms with Crippen molar-refractivity contribution < 1.29 is 23.2 Å². The topological polar surface area (TPSA) is 69.7 Å². The van der Waals surface area contributed by atoms with Crippen LogP contribution in [-0.2, 0) is 15.1 Å². The standard InChI is InChI=1S/C21H20ClF2N3O3/c1-12(13-4-6-14(23)7-5-13)26(3)18(28)11-27-19(29)21(2,25-20(27)30)16-9-8-15(24)10-17(16)22/h4-10,12H,11H2,1-3H3,(H,25,30). The lowest BCUT2D eigenvalue weighted by Crippen LogP contribution is -2.44. The summed E-state index contributed by atoms with van der Waals surface area (Å²) in [5.74, 6) is -2.12. The smallest absolute Gasteiger partial charge is 0.325 e. The number of carbonyl (C=O) groups is 3. The minimum Gasteiger partial charge on any atom is -0.337 e. The van der Waals surface area contributed by atoms with Crippen LogP contribution in [-0.4, -0.2) is 41.2 Å². The summed E-state index contributed by atoms with van der Waals surface area (Å²) in [6.45, 7) is 2.71. The monoisotopic (exact) mass is 435 g/mol. The second-order valence-electron chi connectivity index (χ2n) is 7.30. The van der Waals surface area contributed by atoms with E-state index in [2.05, 4.69) is 5.32 Å². The Morgan fingerprint density at radius 1 is 1.17 bits per heavy atom. The van der Waals surface area contributed by atoms with Gasteiger partial charge in [0, 0.05) is 17.6 Å². The van der Waals surface area contributed by atoms with Crippen molar-refractivity contribution in [3.8, 4) is 0 Å². The first-order chi connectivity index (χ1) is 14.0. The van der Waals surface area contributed by atoms with E-state index >= 15 is 0 Å². The Morgan fingerprint density at radius 2 is 1.77 bits per heavy atom. The molecule has 0 aromatic heterocycles. The zero-order valence-corrected chi connectivity index (χ0v) is 17.3. The third-order valence-electron chi connectivity index (χ3n) is 5.36. The quantitative estimate of drug-likeness (QED) is 0.729. The number of rotatable bonds is 5. The van der Waals surface area contributed by atoms with Crippen molar-refractivity contribution in [2.45, 2.75) is 25.4 Å². The molecule has 2 aromatic rings. The Hall–Kier alpha value is -3.00. The number of benzene rings is 2. The van der Waals surface area contributed by atoms with Crippen LogP contribution < -0.4 is 5.32 Å². The number of hydrogen-bond acceptors (Lipinski definition) is 3. The first kappa shape index (κ1) is 21.7. The van der Waals surface area contributed by atoms with Gasteiger partial charge in [-0.05, 0) is 43.7 Å². The molecule has 0 spiro atoms. The van der Waals surface area contributed by atoms with Gasteiger partial charge in [-0.1, -0.05) is 29.8 Å². The predicted octanol–water partition coefficient (Wildman–Crippen LogP) is 3.60. The Bertz CT molecular complexity index is 1020. The van der Waals surface area contributed by atoms with Gasteiger partial charge in [-0.3, -0.25) is 14.5 Å². The van der Waals surface area contributed by atoms with Crippen LogP contribution in [0.15, 0.2) is 42.5 Å². The zero-order chi connectivity index (χ0) is 22.2. The van der Waals surface area contributed by atoms with E-state index in [4.69, 9.17) is 11.6 Å². The highest BCUT2D eigenvalue weighted by molar-refractivity contribution is 6.32. The lowest BCUT2D eigenvalue weighted by Gasteiger charge is -2.27. The van der Waals surface area contributed by atoms with E-state index in [0.29, 0.717) is 5.56 Å². The molecule has 1 heterocycles. The Balaban J connectivity index is 1.77. The highest BCUT2D eigenvalue weighted by Gasteiger charge is 2.50. The molecule has 0 radical (unpaired) electrons. The van der Waals surface area contributed by atoms with Crippen LogP contribution >= 0.6 is 11.6 Å². The number of nitrogens with one attached hydrogen (secondary N) is 1. The molecular formula is C21H20ClF2N3O3. The van der Waals surface area contributed by atoms with Crippen molar-refractivity contribution in [1.82, 2.24) is 15.1 Å². The van der Waals surface area contributed by atoms with Gasteiger partial charge in [-0.15, -0.1) is 0 Å². The maximum absolute atomic E-state index is 13.4. The summed E-state index contributed by atoms with van der Waals surface area (Å²) >= 11 is 6.07. The summed E-state index contributed by atoms with van der Waals surface area (Å²) in [6, 6.07) is 8.06. The lowest BCUT2D eigenvalue weighted by molar-refractivity contribution is -0.139. The molecule has 4 amide bonds. The fraction of sp³-hybridized carbons (Fsp3) is 0.286. The number of hydrogen-bond donors (Lipinski definition) is 1. The highest BCUT2D eigenvalue weighted by atomic mass is 35.5. The molecule has 6 nitrogen and oxygen atoms in total. The summed E-state index contributed by atoms with van der Waals surface area (Å²) in [7, 11) is 1.53. The van der Waals surface area contributed by atoms with Gasteiger partial charge >= 0.3 is 6.03 Å². The minimum atomic E-state index is -1.52. The van der Waals surface area contributed by atoms with Gasteiger partial charge < -0.3 is 10.2 Å². The second-order valence-corrected chi connectivity index (χ2v) is 7.71. The second kappa shape index (κ2) is 8.02. The summed E-state index contributed by atoms with van der Waals surface area (Å²) in [5.41, 5.74) is -0.595. The van der Waals surface area contributed by atoms with Crippen molar-refractivity contribution in [1.29, 1.82) is 0 Å². The van der Waals surface area contributed by atoms with Gasteiger partial charge in [0.2, 0.25) is 5.91 Å². The van der Waals surface area contributed by atoms with E-state index in [9.17, 15) is 23.2 Å². The number of imide groups is 1. The van der Waals surface area contributed by atoms with Crippen LogP contribution in [0.3, 0.4) is 0 Å². The molecule has 2 atom stereocenters. The van der Waals surface area contributed by atoms with Crippen molar-refractivity contribution in [2.24, 2.45) is 0 Å². The van der Waals surface area contributed by atoms with Gasteiger partial charge in [0.05, 0.1) is 6.04 Å². The third-order valence-corrected chi connectivity index (χ3v) is 5.68. The van der Waals surface area contributed by atoms with Crippen molar-refractivity contribution in [3.05, 3.63) is 70.2 Å². The van der Waals surface area contributed by atoms with Gasteiger partial charge in [-0.25, -0.2) is 13.6 Å². The van der Waals surface area contributed by atoms with E-state index in [-0.39, 0.29) is 10.6 Å². The van der Waals surface area contributed by atoms with E-state index in [1.165, 1.54) is 37.1 Å². The van der Waals surface area contributed by atoms with Gasteiger partial charge in [0.15, 0.2) is 0 Å². The van der Waals surface area contributed by atoms with Crippen molar-refractivity contribution >= 4 is 29.4 Å². The molecule has 1 fully saturated rings. The fourth-order valence-electron chi connectivity index (χ4n) is 3.35. The van der Waals surface area contributed by atoms with E-state index < -0.39 is 47.6 Å². The first-order valence-corrected chi connectivity index (χ1v) is 9.53. The summed E-state index contributed by atoms with van der Waals surface area (Å²) in [6.07, 6.45) is 0. The molecule has 2 unspecified atom stereocenters. The first-order valence-electron chi connectivity index (χ1n) is 9.15. The van der Waals surface area contributed by atoms with E-state index in [0.717, 1.165) is 17.0 Å². The molecule has 9 heteroatoms. The van der Waals surface area contributed by atoms with E-state index in [1.807, 2.05) is 0 Å². The van der Waals surface area contributed by atoms with Crippen LogP contribution in [0.1, 0.15) is 31.0 Å². The summed E-state index contributed by atoms with van der Waals surface area (Å²) in [4.78, 5) is 40.3.